The Labute approximate surface area is 107 Å². The number of rotatable bonds is 4. The lowest BCUT2D eigenvalue weighted by atomic mass is 10.1. The summed E-state index contributed by atoms with van der Waals surface area (Å²) in [6.45, 7) is 6.62. The van der Waals surface area contributed by atoms with E-state index in [0.29, 0.717) is 0 Å². The lowest BCUT2D eigenvalue weighted by Gasteiger charge is -2.21. The fourth-order valence-corrected chi connectivity index (χ4v) is 2.08. The van der Waals surface area contributed by atoms with Crippen LogP contribution in [-0.2, 0) is 6.61 Å². The van der Waals surface area contributed by atoms with Crippen molar-refractivity contribution in [2.75, 3.05) is 18.5 Å². The van der Waals surface area contributed by atoms with E-state index in [1.807, 2.05) is 49.2 Å². The van der Waals surface area contributed by atoms with Crippen LogP contribution in [0.5, 0.6) is 0 Å². The third kappa shape index (κ3) is 2.51. The molecule has 1 N–H and O–H groups in total. The predicted octanol–water partition coefficient (Wildman–Crippen LogP) is 2.74. The molecule has 0 amide bonds. The quantitative estimate of drug-likeness (QED) is 0.837. The number of pyridine rings is 1. The Balaban J connectivity index is 2.50. The van der Waals surface area contributed by atoms with Gasteiger partial charge in [0.25, 0.3) is 0 Å². The van der Waals surface area contributed by atoms with Gasteiger partial charge in [-0.3, -0.25) is 0 Å². The third-order valence-electron chi connectivity index (χ3n) is 2.82. The molecule has 0 atom stereocenters. The summed E-state index contributed by atoms with van der Waals surface area (Å²) in [6.07, 6.45) is 0. The molecule has 0 aliphatic carbocycles. The first-order chi connectivity index (χ1) is 8.61. The molecule has 18 heavy (non-hydrogen) atoms. The first-order valence-electron chi connectivity index (χ1n) is 5.97. The number of aromatic nitrogens is 1. The van der Waals surface area contributed by atoms with Crippen molar-refractivity contribution >= 4 is 16.7 Å². The average molecular weight is 242 g/mol. The van der Waals surface area contributed by atoms with E-state index < -0.39 is 0 Å². The fourth-order valence-electron chi connectivity index (χ4n) is 2.08. The molecule has 3 nitrogen and oxygen atoms in total. The minimum atomic E-state index is -0.00625. The van der Waals surface area contributed by atoms with Crippen molar-refractivity contribution in [3.63, 3.8) is 0 Å². The smallest absolute Gasteiger partial charge is 0.134 e. The molecular weight excluding hydrogens is 224 g/mol. The Morgan fingerprint density at radius 3 is 2.78 bits per heavy atom. The summed E-state index contributed by atoms with van der Waals surface area (Å²) in [5.74, 6) is 0.819. The number of fused-ring (bicyclic) bond motifs is 1. The molecule has 0 saturated carbocycles. The summed E-state index contributed by atoms with van der Waals surface area (Å²) in [7, 11) is 1.96. The van der Waals surface area contributed by atoms with Crippen molar-refractivity contribution in [3.05, 3.63) is 48.0 Å². The minimum absolute atomic E-state index is 0.00625. The largest absolute Gasteiger partial charge is 0.392 e. The fraction of sp³-hybridized carbons (Fsp3) is 0.267. The zero-order valence-corrected chi connectivity index (χ0v) is 10.8. The van der Waals surface area contributed by atoms with Crippen molar-refractivity contribution in [3.8, 4) is 0 Å². The van der Waals surface area contributed by atoms with Crippen LogP contribution in [0.25, 0.3) is 10.9 Å². The third-order valence-corrected chi connectivity index (χ3v) is 2.82. The van der Waals surface area contributed by atoms with E-state index in [2.05, 4.69) is 11.6 Å². The Bertz CT molecular complexity index is 578. The van der Waals surface area contributed by atoms with E-state index in [0.717, 1.165) is 34.4 Å². The van der Waals surface area contributed by atoms with Crippen LogP contribution in [0.1, 0.15) is 12.5 Å². The Morgan fingerprint density at radius 1 is 1.39 bits per heavy atom. The number of hydrogen-bond donors (Lipinski definition) is 1. The van der Waals surface area contributed by atoms with Gasteiger partial charge in [-0.2, -0.15) is 0 Å². The Kier molecular flexibility index (Phi) is 3.63. The maximum atomic E-state index is 9.47. The Morgan fingerprint density at radius 2 is 2.11 bits per heavy atom. The van der Waals surface area contributed by atoms with Gasteiger partial charge in [0.05, 0.1) is 12.1 Å². The van der Waals surface area contributed by atoms with Gasteiger partial charge in [-0.1, -0.05) is 30.4 Å². The van der Waals surface area contributed by atoms with Gasteiger partial charge in [-0.15, -0.1) is 0 Å². The highest BCUT2D eigenvalue weighted by Crippen LogP contribution is 2.23. The highest BCUT2D eigenvalue weighted by molar-refractivity contribution is 5.81. The van der Waals surface area contributed by atoms with Crippen molar-refractivity contribution < 1.29 is 5.11 Å². The molecule has 1 aromatic carbocycles. The lowest BCUT2D eigenvalue weighted by Crippen LogP contribution is -2.21. The molecule has 0 aliphatic heterocycles. The van der Waals surface area contributed by atoms with Crippen LogP contribution >= 0.6 is 0 Å². The maximum Gasteiger partial charge on any atom is 0.134 e. The molecule has 0 bridgehead atoms. The first kappa shape index (κ1) is 12.6. The van der Waals surface area contributed by atoms with E-state index in [-0.39, 0.29) is 6.61 Å². The number of anilines is 1. The van der Waals surface area contributed by atoms with Crippen LogP contribution in [0.2, 0.25) is 0 Å². The van der Waals surface area contributed by atoms with Gasteiger partial charge in [0.15, 0.2) is 0 Å². The maximum absolute atomic E-state index is 9.47. The normalized spacial score (nSPS) is 10.6. The molecule has 0 aliphatic rings. The minimum Gasteiger partial charge on any atom is -0.392 e. The molecule has 1 aromatic heterocycles. The highest BCUT2D eigenvalue weighted by Gasteiger charge is 2.10. The summed E-state index contributed by atoms with van der Waals surface area (Å²) in [6, 6.07) is 9.92. The number of para-hydroxylation sites is 1. The summed E-state index contributed by atoms with van der Waals surface area (Å²) in [5.41, 5.74) is 2.85. The van der Waals surface area contributed by atoms with Crippen molar-refractivity contribution in [1.82, 2.24) is 4.98 Å². The van der Waals surface area contributed by atoms with Gasteiger partial charge in [-0.25, -0.2) is 4.98 Å². The van der Waals surface area contributed by atoms with Gasteiger partial charge < -0.3 is 10.0 Å². The number of aliphatic hydroxyl groups excluding tert-OH is 1. The summed E-state index contributed by atoms with van der Waals surface area (Å²) < 4.78 is 0. The summed E-state index contributed by atoms with van der Waals surface area (Å²) in [5, 5.41) is 10.5. The molecule has 0 unspecified atom stereocenters. The summed E-state index contributed by atoms with van der Waals surface area (Å²) in [4.78, 5) is 6.64. The van der Waals surface area contributed by atoms with E-state index in [9.17, 15) is 5.11 Å². The zero-order valence-electron chi connectivity index (χ0n) is 10.8. The van der Waals surface area contributed by atoms with Crippen LogP contribution in [0, 0.1) is 0 Å². The van der Waals surface area contributed by atoms with Gasteiger partial charge >= 0.3 is 0 Å². The average Bonchev–Trinajstić information content (AvgIpc) is 2.36. The SMILES string of the molecule is C=C(C)CN(C)c1nc2ccccc2cc1CO. The Hall–Kier alpha value is -1.87. The number of benzene rings is 1. The van der Waals surface area contributed by atoms with Gasteiger partial charge in [0.2, 0.25) is 0 Å². The van der Waals surface area contributed by atoms with E-state index in [1.54, 1.807) is 0 Å². The second kappa shape index (κ2) is 5.19. The molecule has 0 radical (unpaired) electrons. The number of nitrogens with zero attached hydrogens (tertiary/aromatic N) is 2. The van der Waals surface area contributed by atoms with Crippen molar-refractivity contribution in [2.24, 2.45) is 0 Å². The van der Waals surface area contributed by atoms with Crippen LogP contribution < -0.4 is 4.90 Å². The highest BCUT2D eigenvalue weighted by atomic mass is 16.3. The van der Waals surface area contributed by atoms with Gasteiger partial charge in [0.1, 0.15) is 5.82 Å². The van der Waals surface area contributed by atoms with Gasteiger partial charge in [-0.05, 0) is 19.1 Å². The van der Waals surface area contributed by atoms with Gasteiger partial charge in [0, 0.05) is 24.5 Å². The van der Waals surface area contributed by atoms with Crippen LogP contribution in [-0.4, -0.2) is 23.7 Å². The van der Waals surface area contributed by atoms with E-state index in [4.69, 9.17) is 0 Å². The predicted molar refractivity (Wildman–Crippen MR) is 75.7 cm³/mol. The van der Waals surface area contributed by atoms with E-state index in [1.165, 1.54) is 0 Å². The monoisotopic (exact) mass is 242 g/mol. The number of aliphatic hydroxyl groups is 1. The molecule has 3 heteroatoms. The first-order valence-corrected chi connectivity index (χ1v) is 5.97. The van der Waals surface area contributed by atoms with E-state index >= 15 is 0 Å². The molecule has 1 heterocycles. The number of likely N-dealkylation sites (N-methyl/N-ethyl adjacent to an activating group) is 1. The van der Waals surface area contributed by atoms with Crippen LogP contribution in [0.15, 0.2) is 42.5 Å². The summed E-state index contributed by atoms with van der Waals surface area (Å²) >= 11 is 0. The molecule has 0 fully saturated rings. The van der Waals surface area contributed by atoms with Crippen LogP contribution in [0.3, 0.4) is 0 Å². The molecule has 94 valence electrons. The molecule has 0 spiro atoms. The van der Waals surface area contributed by atoms with Crippen molar-refractivity contribution in [1.29, 1.82) is 0 Å². The second-order valence-electron chi connectivity index (χ2n) is 4.64. The topological polar surface area (TPSA) is 36.4 Å². The molecule has 0 saturated heterocycles. The number of hydrogen-bond acceptors (Lipinski definition) is 3. The second-order valence-corrected chi connectivity index (χ2v) is 4.64. The zero-order chi connectivity index (χ0) is 13.1. The molecule has 2 aromatic rings. The molecular formula is C15H18N2O. The molecule has 2 rings (SSSR count). The van der Waals surface area contributed by atoms with Crippen LogP contribution in [0.4, 0.5) is 5.82 Å². The lowest BCUT2D eigenvalue weighted by molar-refractivity contribution is 0.282. The standard InChI is InChI=1S/C15H18N2O/c1-11(2)9-17(3)15-13(10-18)8-12-6-4-5-7-14(12)16-15/h4-8,18H,1,9-10H2,2-3H3. The van der Waals surface area contributed by atoms with Crippen molar-refractivity contribution in [2.45, 2.75) is 13.5 Å².